The number of rotatable bonds is 2. The van der Waals surface area contributed by atoms with Crippen LogP contribution in [0.4, 0.5) is 4.79 Å². The quantitative estimate of drug-likeness (QED) is 0.718. The number of hydrogen-bond donors (Lipinski definition) is 0. The summed E-state index contributed by atoms with van der Waals surface area (Å²) in [6.45, 7) is 15.3. The molecule has 0 saturated carbocycles. The summed E-state index contributed by atoms with van der Waals surface area (Å²) in [4.78, 5) is 18.6. The molecule has 150 valence electrons. The van der Waals surface area contributed by atoms with Gasteiger partial charge in [-0.3, -0.25) is 0 Å². The first-order valence-electron chi connectivity index (χ1n) is 9.67. The van der Waals surface area contributed by atoms with E-state index < -0.39 is 5.60 Å². The zero-order valence-corrected chi connectivity index (χ0v) is 18.3. The van der Waals surface area contributed by atoms with Gasteiger partial charge in [0.25, 0.3) is 0 Å². The number of carbonyl (C=O) groups is 1. The van der Waals surface area contributed by atoms with Crippen molar-refractivity contribution >= 4 is 29.3 Å². The Labute approximate surface area is 166 Å². The lowest BCUT2D eigenvalue weighted by atomic mass is 9.89. The van der Waals surface area contributed by atoms with Crippen LogP contribution in [-0.2, 0) is 14.0 Å². The van der Waals surface area contributed by atoms with Gasteiger partial charge in [-0.25, -0.2) is 9.78 Å². The maximum absolute atomic E-state index is 12.2. The van der Waals surface area contributed by atoms with Crippen molar-refractivity contribution in [2.24, 2.45) is 0 Å². The fraction of sp³-hybridized carbons (Fsp3) is 0.789. The first-order chi connectivity index (χ1) is 12.4. The highest BCUT2D eigenvalue weighted by Crippen LogP contribution is 2.37. The van der Waals surface area contributed by atoms with Crippen LogP contribution in [0.25, 0.3) is 0 Å². The van der Waals surface area contributed by atoms with Gasteiger partial charge in [-0.2, -0.15) is 0 Å². The average molecular weight is 394 g/mol. The average Bonchev–Trinajstić information content (AvgIpc) is 3.09. The van der Waals surface area contributed by atoms with E-state index in [9.17, 15) is 4.79 Å². The van der Waals surface area contributed by atoms with E-state index in [1.54, 1.807) is 16.2 Å². The smallest absolute Gasteiger partial charge is 0.444 e. The highest BCUT2D eigenvalue weighted by atomic mass is 32.1. The third-order valence-electron chi connectivity index (χ3n) is 5.52. The van der Waals surface area contributed by atoms with Crippen molar-refractivity contribution in [3.05, 3.63) is 11.2 Å². The van der Waals surface area contributed by atoms with E-state index in [-0.39, 0.29) is 24.4 Å². The van der Waals surface area contributed by atoms with Crippen LogP contribution in [0.1, 0.15) is 72.2 Å². The van der Waals surface area contributed by atoms with E-state index in [0.717, 1.165) is 22.6 Å². The summed E-state index contributed by atoms with van der Waals surface area (Å²) in [5.74, 6) is 0.366. The van der Waals surface area contributed by atoms with Crippen molar-refractivity contribution in [2.45, 2.75) is 84.0 Å². The second-order valence-corrected chi connectivity index (χ2v) is 10.5. The Kier molecular flexibility index (Phi) is 5.38. The fourth-order valence-electron chi connectivity index (χ4n) is 3.19. The fourth-order valence-corrected chi connectivity index (χ4v) is 4.24. The third kappa shape index (κ3) is 4.49. The SMILES string of the molecule is CC(C)(C)OC(=O)N1CCC(c2ncc(B3OC(C)(C)C(C)(C)O3)s2)CC1. The van der Waals surface area contributed by atoms with Crippen LogP contribution in [0.5, 0.6) is 0 Å². The third-order valence-corrected chi connectivity index (χ3v) is 6.70. The monoisotopic (exact) mass is 394 g/mol. The molecule has 0 bridgehead atoms. The minimum atomic E-state index is -0.457. The lowest BCUT2D eigenvalue weighted by Crippen LogP contribution is -2.41. The predicted molar refractivity (Wildman–Crippen MR) is 108 cm³/mol. The molecule has 0 spiro atoms. The van der Waals surface area contributed by atoms with Gasteiger partial charge in [0.1, 0.15) is 5.60 Å². The number of hydrogen-bond acceptors (Lipinski definition) is 6. The van der Waals surface area contributed by atoms with Crippen LogP contribution < -0.4 is 4.78 Å². The lowest BCUT2D eigenvalue weighted by Gasteiger charge is -2.32. The predicted octanol–water partition coefficient (Wildman–Crippen LogP) is 3.56. The second kappa shape index (κ2) is 7.05. The Balaban J connectivity index is 1.58. The molecule has 1 amide bonds. The topological polar surface area (TPSA) is 60.9 Å². The molecule has 0 N–H and O–H groups in total. The summed E-state index contributed by atoms with van der Waals surface area (Å²) < 4.78 is 18.7. The number of piperidine rings is 1. The molecule has 1 aromatic heterocycles. The molecule has 2 fully saturated rings. The number of likely N-dealkylation sites (tertiary alicyclic amines) is 1. The summed E-state index contributed by atoms with van der Waals surface area (Å²) in [6.07, 6.45) is 3.45. The van der Waals surface area contributed by atoms with Gasteiger partial charge in [0.15, 0.2) is 0 Å². The molecule has 8 heteroatoms. The zero-order chi connectivity index (χ0) is 20.0. The maximum Gasteiger partial charge on any atom is 0.507 e. The van der Waals surface area contributed by atoms with E-state index in [1.807, 2.05) is 27.0 Å². The molecule has 2 saturated heterocycles. The Morgan fingerprint density at radius 3 is 2.30 bits per heavy atom. The number of thiazole rings is 1. The molecule has 2 aliphatic rings. The summed E-state index contributed by atoms with van der Waals surface area (Å²) in [6, 6.07) is 0. The van der Waals surface area contributed by atoms with Gasteiger partial charge in [-0.1, -0.05) is 0 Å². The number of amides is 1. The van der Waals surface area contributed by atoms with Crippen molar-refractivity contribution in [3.8, 4) is 0 Å². The van der Waals surface area contributed by atoms with Crippen molar-refractivity contribution in [2.75, 3.05) is 13.1 Å². The minimum Gasteiger partial charge on any atom is -0.444 e. The Hall–Kier alpha value is -1.12. The van der Waals surface area contributed by atoms with E-state index in [1.165, 1.54) is 0 Å². The van der Waals surface area contributed by atoms with E-state index >= 15 is 0 Å². The Morgan fingerprint density at radius 1 is 1.22 bits per heavy atom. The molecule has 3 heterocycles. The van der Waals surface area contributed by atoms with Crippen molar-refractivity contribution in [3.63, 3.8) is 0 Å². The molecule has 0 unspecified atom stereocenters. The van der Waals surface area contributed by atoms with Crippen LogP contribution in [-0.4, -0.2) is 53.0 Å². The molecule has 0 aliphatic carbocycles. The van der Waals surface area contributed by atoms with Gasteiger partial charge < -0.3 is 18.9 Å². The summed E-state index contributed by atoms with van der Waals surface area (Å²) in [5.41, 5.74) is -1.15. The molecule has 27 heavy (non-hydrogen) atoms. The normalized spacial score (nSPS) is 22.9. The lowest BCUT2D eigenvalue weighted by molar-refractivity contribution is 0.00578. The number of ether oxygens (including phenoxy) is 1. The van der Waals surface area contributed by atoms with Crippen molar-refractivity contribution in [1.29, 1.82) is 0 Å². The van der Waals surface area contributed by atoms with E-state index in [0.29, 0.717) is 19.0 Å². The minimum absolute atomic E-state index is 0.224. The van der Waals surface area contributed by atoms with Crippen LogP contribution in [0, 0.1) is 0 Å². The molecule has 3 rings (SSSR count). The number of carbonyl (C=O) groups excluding carboxylic acids is 1. The Morgan fingerprint density at radius 2 is 1.78 bits per heavy atom. The Bertz CT molecular complexity index is 674. The van der Waals surface area contributed by atoms with Gasteiger partial charge in [-0.15, -0.1) is 11.3 Å². The highest BCUT2D eigenvalue weighted by molar-refractivity contribution is 7.22. The number of aromatic nitrogens is 1. The van der Waals surface area contributed by atoms with Gasteiger partial charge in [0, 0.05) is 25.2 Å². The molecule has 0 radical (unpaired) electrons. The summed E-state index contributed by atoms with van der Waals surface area (Å²) in [5, 5.41) is 1.10. The van der Waals surface area contributed by atoms with Crippen LogP contribution in [0.15, 0.2) is 6.20 Å². The maximum atomic E-state index is 12.2. The first-order valence-corrected chi connectivity index (χ1v) is 10.5. The molecule has 6 nitrogen and oxygen atoms in total. The van der Waals surface area contributed by atoms with Gasteiger partial charge >= 0.3 is 13.2 Å². The van der Waals surface area contributed by atoms with Crippen molar-refractivity contribution < 1.29 is 18.8 Å². The van der Waals surface area contributed by atoms with E-state index in [4.69, 9.17) is 14.0 Å². The van der Waals surface area contributed by atoms with Gasteiger partial charge in [0.2, 0.25) is 0 Å². The van der Waals surface area contributed by atoms with Crippen LogP contribution in [0.3, 0.4) is 0 Å². The summed E-state index contributed by atoms with van der Waals surface area (Å²) >= 11 is 1.66. The van der Waals surface area contributed by atoms with E-state index in [2.05, 4.69) is 32.7 Å². The van der Waals surface area contributed by atoms with Gasteiger partial charge in [0.05, 0.1) is 21.0 Å². The largest absolute Gasteiger partial charge is 0.507 e. The highest BCUT2D eigenvalue weighted by Gasteiger charge is 2.52. The van der Waals surface area contributed by atoms with Gasteiger partial charge in [-0.05, 0) is 61.3 Å². The molecule has 1 aromatic rings. The van der Waals surface area contributed by atoms with Crippen LogP contribution in [0.2, 0.25) is 0 Å². The molecule has 0 atom stereocenters. The first kappa shape index (κ1) is 20.6. The molecular weight excluding hydrogens is 363 g/mol. The second-order valence-electron chi connectivity index (χ2n) is 9.43. The van der Waals surface area contributed by atoms with Crippen LogP contribution >= 0.6 is 11.3 Å². The molecule has 0 aromatic carbocycles. The standard InChI is InChI=1S/C19H31BN2O4S/c1-17(2,3)24-16(23)22-10-8-13(9-11-22)15-21-12-14(27-15)20-25-18(4,5)19(6,7)26-20/h12-13H,8-11H2,1-7H3. The molecular formula is C19H31BN2O4S. The summed E-state index contributed by atoms with van der Waals surface area (Å²) in [7, 11) is -0.358. The molecule has 2 aliphatic heterocycles. The zero-order valence-electron chi connectivity index (χ0n) is 17.5. The number of nitrogens with zero attached hydrogens (tertiary/aromatic N) is 2. The van der Waals surface area contributed by atoms with Crippen molar-refractivity contribution in [1.82, 2.24) is 9.88 Å².